The molecule has 0 spiro atoms. The Morgan fingerprint density at radius 2 is 2.00 bits per heavy atom. The van der Waals surface area contributed by atoms with Gasteiger partial charge < -0.3 is 10.3 Å². The minimum Gasteiger partial charge on any atom is -0.346 e. The van der Waals surface area contributed by atoms with Crippen LogP contribution in [-0.4, -0.2) is 15.9 Å². The van der Waals surface area contributed by atoms with E-state index >= 15 is 0 Å². The third-order valence-corrected chi connectivity index (χ3v) is 2.69. The van der Waals surface area contributed by atoms with Gasteiger partial charge in [0.2, 0.25) is 0 Å². The molecule has 2 aromatic heterocycles. The van der Waals surface area contributed by atoms with E-state index in [2.05, 4.69) is 15.3 Å². The van der Waals surface area contributed by atoms with Crippen molar-refractivity contribution in [1.29, 1.82) is 0 Å². The Balaban J connectivity index is 1.86. The number of H-pyrrole nitrogens is 1. The van der Waals surface area contributed by atoms with E-state index in [4.69, 9.17) is 0 Å². The van der Waals surface area contributed by atoms with Gasteiger partial charge in [0.1, 0.15) is 5.65 Å². The van der Waals surface area contributed by atoms with Crippen molar-refractivity contribution in [3.8, 4) is 0 Å². The number of carbonyl (C=O) groups excluding carboxylic acids is 1. The Kier molecular flexibility index (Phi) is 2.53. The maximum Gasteiger partial charge on any atom is 0.255 e. The SMILES string of the molecule is O=C(Nc1cnc2[nH]ccc2c1)c1ccccc1. The van der Waals surface area contributed by atoms with Crippen LogP contribution in [0.3, 0.4) is 0 Å². The molecule has 0 fully saturated rings. The summed E-state index contributed by atoms with van der Waals surface area (Å²) in [6.45, 7) is 0. The van der Waals surface area contributed by atoms with Crippen LogP contribution in [0.25, 0.3) is 11.0 Å². The topological polar surface area (TPSA) is 57.8 Å². The van der Waals surface area contributed by atoms with Gasteiger partial charge in [-0.3, -0.25) is 4.79 Å². The molecule has 0 aliphatic rings. The average Bonchev–Trinajstić information content (AvgIpc) is 2.87. The monoisotopic (exact) mass is 237 g/mol. The van der Waals surface area contributed by atoms with Gasteiger partial charge in [0, 0.05) is 17.1 Å². The fourth-order valence-corrected chi connectivity index (χ4v) is 1.80. The van der Waals surface area contributed by atoms with Crippen LogP contribution in [0, 0.1) is 0 Å². The molecular formula is C14H11N3O. The molecule has 18 heavy (non-hydrogen) atoms. The molecule has 0 aliphatic carbocycles. The quantitative estimate of drug-likeness (QED) is 0.720. The third-order valence-electron chi connectivity index (χ3n) is 2.69. The second-order valence-electron chi connectivity index (χ2n) is 3.96. The van der Waals surface area contributed by atoms with E-state index in [1.165, 1.54) is 0 Å². The predicted molar refractivity (Wildman–Crippen MR) is 70.5 cm³/mol. The van der Waals surface area contributed by atoms with Crippen molar-refractivity contribution < 1.29 is 4.79 Å². The van der Waals surface area contributed by atoms with Crippen LogP contribution in [0.15, 0.2) is 54.9 Å². The molecule has 2 N–H and O–H groups in total. The summed E-state index contributed by atoms with van der Waals surface area (Å²) >= 11 is 0. The summed E-state index contributed by atoms with van der Waals surface area (Å²) in [6.07, 6.45) is 3.46. The summed E-state index contributed by atoms with van der Waals surface area (Å²) in [5, 5.41) is 3.80. The molecule has 0 atom stereocenters. The van der Waals surface area contributed by atoms with Gasteiger partial charge in [-0.2, -0.15) is 0 Å². The number of fused-ring (bicyclic) bond motifs is 1. The maximum absolute atomic E-state index is 11.9. The standard InChI is InChI=1S/C14H11N3O/c18-14(10-4-2-1-3-5-10)17-12-8-11-6-7-15-13(11)16-9-12/h1-9H,(H,15,16)(H,17,18). The molecule has 0 bridgehead atoms. The number of rotatable bonds is 2. The van der Waals surface area contributed by atoms with Gasteiger partial charge in [-0.25, -0.2) is 4.98 Å². The van der Waals surface area contributed by atoms with Gasteiger partial charge in [0.25, 0.3) is 5.91 Å². The number of carbonyl (C=O) groups is 1. The number of benzene rings is 1. The van der Waals surface area contributed by atoms with Crippen molar-refractivity contribution in [3.63, 3.8) is 0 Å². The second kappa shape index (κ2) is 4.33. The van der Waals surface area contributed by atoms with Gasteiger partial charge in [0.05, 0.1) is 11.9 Å². The maximum atomic E-state index is 11.9. The average molecular weight is 237 g/mol. The summed E-state index contributed by atoms with van der Waals surface area (Å²) in [5.41, 5.74) is 2.13. The molecule has 1 aromatic carbocycles. The number of anilines is 1. The predicted octanol–water partition coefficient (Wildman–Crippen LogP) is 2.82. The number of hydrogen-bond acceptors (Lipinski definition) is 2. The highest BCUT2D eigenvalue weighted by atomic mass is 16.1. The van der Waals surface area contributed by atoms with Gasteiger partial charge in [0.15, 0.2) is 0 Å². The van der Waals surface area contributed by atoms with Crippen LogP contribution in [0.5, 0.6) is 0 Å². The Labute approximate surface area is 104 Å². The Bertz CT molecular complexity index is 688. The van der Waals surface area contributed by atoms with Crippen LogP contribution in [0.2, 0.25) is 0 Å². The minimum absolute atomic E-state index is 0.132. The number of pyridine rings is 1. The van der Waals surface area contributed by atoms with Crippen LogP contribution in [0.1, 0.15) is 10.4 Å². The largest absolute Gasteiger partial charge is 0.346 e. The fourth-order valence-electron chi connectivity index (χ4n) is 1.80. The van der Waals surface area contributed by atoms with Gasteiger partial charge in [-0.05, 0) is 24.3 Å². The molecule has 3 aromatic rings. The molecule has 88 valence electrons. The Hall–Kier alpha value is -2.62. The summed E-state index contributed by atoms with van der Waals surface area (Å²) in [7, 11) is 0. The summed E-state index contributed by atoms with van der Waals surface area (Å²) < 4.78 is 0. The van der Waals surface area contributed by atoms with Gasteiger partial charge in [-0.15, -0.1) is 0 Å². The van der Waals surface area contributed by atoms with E-state index in [9.17, 15) is 4.79 Å². The Morgan fingerprint density at radius 3 is 2.83 bits per heavy atom. The minimum atomic E-state index is -0.132. The van der Waals surface area contributed by atoms with E-state index < -0.39 is 0 Å². The zero-order chi connectivity index (χ0) is 12.4. The van der Waals surface area contributed by atoms with Crippen molar-refractivity contribution in [2.75, 3.05) is 5.32 Å². The molecule has 2 heterocycles. The number of amides is 1. The first-order valence-electron chi connectivity index (χ1n) is 5.62. The first kappa shape index (κ1) is 10.5. The lowest BCUT2D eigenvalue weighted by Gasteiger charge is -2.04. The van der Waals surface area contributed by atoms with Crippen LogP contribution < -0.4 is 5.32 Å². The molecule has 0 unspecified atom stereocenters. The summed E-state index contributed by atoms with van der Waals surface area (Å²) in [6, 6.07) is 12.9. The number of hydrogen-bond donors (Lipinski definition) is 2. The zero-order valence-corrected chi connectivity index (χ0v) is 9.55. The number of aromatic nitrogens is 2. The number of nitrogens with one attached hydrogen (secondary N) is 2. The van der Waals surface area contributed by atoms with Crippen molar-refractivity contribution in [2.45, 2.75) is 0 Å². The number of nitrogens with zero attached hydrogens (tertiary/aromatic N) is 1. The first-order valence-corrected chi connectivity index (χ1v) is 5.62. The molecule has 1 amide bonds. The Morgan fingerprint density at radius 1 is 1.17 bits per heavy atom. The van der Waals surface area contributed by atoms with Gasteiger partial charge in [-0.1, -0.05) is 18.2 Å². The fraction of sp³-hybridized carbons (Fsp3) is 0. The molecular weight excluding hydrogens is 226 g/mol. The molecule has 0 saturated carbocycles. The van der Waals surface area contributed by atoms with Crippen molar-refractivity contribution in [1.82, 2.24) is 9.97 Å². The highest BCUT2D eigenvalue weighted by Gasteiger charge is 2.06. The molecule has 4 heteroatoms. The lowest BCUT2D eigenvalue weighted by molar-refractivity contribution is 0.102. The van der Waals surface area contributed by atoms with Crippen molar-refractivity contribution in [3.05, 3.63) is 60.4 Å². The first-order chi connectivity index (χ1) is 8.83. The van der Waals surface area contributed by atoms with Crippen LogP contribution in [-0.2, 0) is 0 Å². The number of aromatic amines is 1. The van der Waals surface area contributed by atoms with Gasteiger partial charge >= 0.3 is 0 Å². The molecule has 0 aliphatic heterocycles. The lowest BCUT2D eigenvalue weighted by Crippen LogP contribution is -2.11. The van der Waals surface area contributed by atoms with Crippen LogP contribution >= 0.6 is 0 Å². The normalized spacial score (nSPS) is 10.4. The van der Waals surface area contributed by atoms with E-state index in [1.807, 2.05) is 36.5 Å². The van der Waals surface area contributed by atoms with E-state index in [0.29, 0.717) is 11.3 Å². The molecule has 0 saturated heterocycles. The van der Waals surface area contributed by atoms with Crippen LogP contribution in [0.4, 0.5) is 5.69 Å². The smallest absolute Gasteiger partial charge is 0.255 e. The highest BCUT2D eigenvalue weighted by Crippen LogP contribution is 2.15. The van der Waals surface area contributed by atoms with Crippen molar-refractivity contribution >= 4 is 22.6 Å². The van der Waals surface area contributed by atoms with E-state index in [-0.39, 0.29) is 5.91 Å². The molecule has 4 nitrogen and oxygen atoms in total. The highest BCUT2D eigenvalue weighted by molar-refractivity contribution is 6.04. The van der Waals surface area contributed by atoms with Crippen molar-refractivity contribution in [2.24, 2.45) is 0 Å². The summed E-state index contributed by atoms with van der Waals surface area (Å²) in [4.78, 5) is 19.2. The molecule has 3 rings (SSSR count). The summed E-state index contributed by atoms with van der Waals surface area (Å²) in [5.74, 6) is -0.132. The third kappa shape index (κ3) is 1.96. The zero-order valence-electron chi connectivity index (χ0n) is 9.55. The molecule has 0 radical (unpaired) electrons. The lowest BCUT2D eigenvalue weighted by atomic mass is 10.2. The van der Waals surface area contributed by atoms with E-state index in [1.54, 1.807) is 18.3 Å². The second-order valence-corrected chi connectivity index (χ2v) is 3.96. The van der Waals surface area contributed by atoms with E-state index in [0.717, 1.165) is 11.0 Å².